The van der Waals surface area contributed by atoms with Crippen LogP contribution in [0.4, 0.5) is 10.1 Å². The lowest BCUT2D eigenvalue weighted by atomic mass is 10.2. The number of aryl methyl sites for hydroxylation is 1. The number of carbonyl (C=O) groups excluding carboxylic acids is 1. The van der Waals surface area contributed by atoms with Gasteiger partial charge in [-0.25, -0.2) is 4.39 Å². The number of hydrogen-bond donors (Lipinski definition) is 0. The van der Waals surface area contributed by atoms with E-state index in [9.17, 15) is 9.18 Å². The van der Waals surface area contributed by atoms with Gasteiger partial charge in [0.15, 0.2) is 0 Å². The molecule has 0 spiro atoms. The van der Waals surface area contributed by atoms with Crippen LogP contribution in [-0.4, -0.2) is 42.7 Å². The number of thioether (sulfide) groups is 1. The number of amides is 1. The van der Waals surface area contributed by atoms with E-state index in [2.05, 4.69) is 33.8 Å². The van der Waals surface area contributed by atoms with Crippen molar-refractivity contribution in [3.8, 4) is 0 Å². The number of nitrogens with zero attached hydrogens (tertiary/aromatic N) is 2. The summed E-state index contributed by atoms with van der Waals surface area (Å²) in [6.45, 7) is 5.02. The quantitative estimate of drug-likeness (QED) is 0.684. The monoisotopic (exact) mass is 422 g/mol. The molecule has 0 unspecified atom stereocenters. The second-order valence-electron chi connectivity index (χ2n) is 6.04. The van der Waals surface area contributed by atoms with E-state index in [-0.39, 0.29) is 11.7 Å². The number of hydrogen-bond acceptors (Lipinski definition) is 3. The van der Waals surface area contributed by atoms with E-state index in [1.165, 1.54) is 17.7 Å². The molecule has 25 heavy (non-hydrogen) atoms. The molecule has 0 aromatic heterocycles. The lowest BCUT2D eigenvalue weighted by Gasteiger charge is -2.36. The van der Waals surface area contributed by atoms with Crippen LogP contribution in [0.25, 0.3) is 0 Å². The Morgan fingerprint density at radius 3 is 2.44 bits per heavy atom. The summed E-state index contributed by atoms with van der Waals surface area (Å²) in [5, 5.41) is 0. The molecule has 0 bridgehead atoms. The van der Waals surface area contributed by atoms with Crippen LogP contribution < -0.4 is 4.90 Å². The number of carbonyl (C=O) groups is 1. The van der Waals surface area contributed by atoms with Crippen LogP contribution in [0.2, 0.25) is 0 Å². The van der Waals surface area contributed by atoms with E-state index in [1.54, 1.807) is 23.9 Å². The summed E-state index contributed by atoms with van der Waals surface area (Å²) in [6, 6.07) is 12.6. The Kier molecular flexibility index (Phi) is 6.02. The van der Waals surface area contributed by atoms with Crippen molar-refractivity contribution in [3.63, 3.8) is 0 Å². The zero-order valence-corrected chi connectivity index (χ0v) is 16.4. The van der Waals surface area contributed by atoms with Gasteiger partial charge in [-0.2, -0.15) is 0 Å². The van der Waals surface area contributed by atoms with Gasteiger partial charge < -0.3 is 9.80 Å². The van der Waals surface area contributed by atoms with Gasteiger partial charge in [0.05, 0.1) is 5.75 Å². The smallest absolute Gasteiger partial charge is 0.233 e. The fourth-order valence-corrected chi connectivity index (χ4v) is 4.26. The van der Waals surface area contributed by atoms with E-state index in [0.29, 0.717) is 18.8 Å². The third-order valence-corrected chi connectivity index (χ3v) is 5.97. The van der Waals surface area contributed by atoms with Crippen LogP contribution in [0.3, 0.4) is 0 Å². The molecule has 1 aliphatic heterocycles. The Morgan fingerprint density at radius 1 is 1.12 bits per heavy atom. The van der Waals surface area contributed by atoms with E-state index in [1.807, 2.05) is 17.0 Å². The first-order valence-corrected chi connectivity index (χ1v) is 9.98. The molecule has 0 saturated carbocycles. The Morgan fingerprint density at radius 2 is 1.80 bits per heavy atom. The van der Waals surface area contributed by atoms with Crippen molar-refractivity contribution in [1.29, 1.82) is 0 Å². The van der Waals surface area contributed by atoms with Gasteiger partial charge in [-0.3, -0.25) is 4.79 Å². The maximum absolute atomic E-state index is 13.0. The largest absolute Gasteiger partial charge is 0.368 e. The number of benzene rings is 2. The molecule has 1 heterocycles. The predicted molar refractivity (Wildman–Crippen MR) is 105 cm³/mol. The fraction of sp³-hybridized carbons (Fsp3) is 0.316. The van der Waals surface area contributed by atoms with Crippen LogP contribution in [0.5, 0.6) is 0 Å². The molecule has 3 nitrogen and oxygen atoms in total. The maximum atomic E-state index is 13.0. The fourth-order valence-electron chi connectivity index (χ4n) is 2.87. The van der Waals surface area contributed by atoms with Gasteiger partial charge in [0, 0.05) is 41.2 Å². The molecule has 0 radical (unpaired) electrons. The SMILES string of the molecule is Cc1cc(Br)ccc1SCC(=O)N1CCN(c2ccc(F)cc2)CC1. The second kappa shape index (κ2) is 8.23. The van der Waals surface area contributed by atoms with Gasteiger partial charge >= 0.3 is 0 Å². The molecule has 6 heteroatoms. The summed E-state index contributed by atoms with van der Waals surface area (Å²) in [4.78, 5) is 17.7. The molecule has 0 atom stereocenters. The van der Waals surface area contributed by atoms with Gasteiger partial charge in [-0.1, -0.05) is 15.9 Å². The number of halogens is 2. The van der Waals surface area contributed by atoms with Gasteiger partial charge in [-0.15, -0.1) is 11.8 Å². The molecule has 2 aromatic rings. The van der Waals surface area contributed by atoms with E-state index in [4.69, 9.17) is 0 Å². The Labute approximate surface area is 160 Å². The average Bonchev–Trinajstić information content (AvgIpc) is 2.61. The Hall–Kier alpha value is -1.53. The third kappa shape index (κ3) is 4.76. The molecular formula is C19H20BrFN2OS. The Balaban J connectivity index is 1.50. The average molecular weight is 423 g/mol. The minimum Gasteiger partial charge on any atom is -0.368 e. The second-order valence-corrected chi connectivity index (χ2v) is 7.98. The van der Waals surface area contributed by atoms with Crippen LogP contribution in [0.15, 0.2) is 51.8 Å². The Bertz CT molecular complexity index is 746. The number of rotatable bonds is 4. The van der Waals surface area contributed by atoms with Crippen molar-refractivity contribution in [2.75, 3.05) is 36.8 Å². The summed E-state index contributed by atoms with van der Waals surface area (Å²) in [7, 11) is 0. The highest BCUT2D eigenvalue weighted by molar-refractivity contribution is 9.10. The first-order valence-electron chi connectivity index (χ1n) is 8.20. The molecule has 1 saturated heterocycles. The number of anilines is 1. The summed E-state index contributed by atoms with van der Waals surface area (Å²) < 4.78 is 14.1. The molecule has 0 N–H and O–H groups in total. The molecular weight excluding hydrogens is 403 g/mol. The highest BCUT2D eigenvalue weighted by Crippen LogP contribution is 2.26. The molecule has 3 rings (SSSR count). The van der Waals surface area contributed by atoms with Crippen molar-refractivity contribution in [2.24, 2.45) is 0 Å². The van der Waals surface area contributed by atoms with E-state index < -0.39 is 0 Å². The zero-order valence-electron chi connectivity index (χ0n) is 14.0. The lowest BCUT2D eigenvalue weighted by molar-refractivity contribution is -0.128. The summed E-state index contributed by atoms with van der Waals surface area (Å²) >= 11 is 5.05. The van der Waals surface area contributed by atoms with Crippen LogP contribution in [0, 0.1) is 12.7 Å². The van der Waals surface area contributed by atoms with Crippen molar-refractivity contribution in [3.05, 3.63) is 58.3 Å². The van der Waals surface area contributed by atoms with E-state index >= 15 is 0 Å². The summed E-state index contributed by atoms with van der Waals surface area (Å²) in [6.07, 6.45) is 0. The molecule has 2 aromatic carbocycles. The van der Waals surface area contributed by atoms with Crippen LogP contribution >= 0.6 is 27.7 Å². The van der Waals surface area contributed by atoms with Crippen LogP contribution in [-0.2, 0) is 4.79 Å². The first kappa shape index (κ1) is 18.3. The maximum Gasteiger partial charge on any atom is 0.233 e. The first-order chi connectivity index (χ1) is 12.0. The van der Waals surface area contributed by atoms with Gasteiger partial charge in [0.2, 0.25) is 5.91 Å². The number of piperazine rings is 1. The normalized spacial score (nSPS) is 14.7. The highest BCUT2D eigenvalue weighted by atomic mass is 79.9. The van der Waals surface area contributed by atoms with Crippen molar-refractivity contribution < 1.29 is 9.18 Å². The standard InChI is InChI=1S/C19H20BrFN2OS/c1-14-12-15(20)2-7-18(14)25-13-19(24)23-10-8-22(9-11-23)17-5-3-16(21)4-6-17/h2-7,12H,8-11,13H2,1H3. The molecule has 1 amide bonds. The van der Waals surface area contributed by atoms with Crippen molar-refractivity contribution >= 4 is 39.3 Å². The van der Waals surface area contributed by atoms with Gasteiger partial charge in [-0.05, 0) is 55.0 Å². The lowest BCUT2D eigenvalue weighted by Crippen LogP contribution is -2.49. The third-order valence-electron chi connectivity index (χ3n) is 4.31. The minimum absolute atomic E-state index is 0.172. The predicted octanol–water partition coefficient (Wildman–Crippen LogP) is 4.34. The minimum atomic E-state index is -0.224. The summed E-state index contributed by atoms with van der Waals surface area (Å²) in [5.74, 6) is 0.405. The molecule has 1 fully saturated rings. The highest BCUT2D eigenvalue weighted by Gasteiger charge is 2.21. The zero-order chi connectivity index (χ0) is 17.8. The van der Waals surface area contributed by atoms with Crippen molar-refractivity contribution in [2.45, 2.75) is 11.8 Å². The van der Waals surface area contributed by atoms with Crippen LogP contribution in [0.1, 0.15) is 5.56 Å². The van der Waals surface area contributed by atoms with Gasteiger partial charge in [0.1, 0.15) is 5.82 Å². The van der Waals surface area contributed by atoms with Crippen molar-refractivity contribution in [1.82, 2.24) is 4.90 Å². The molecule has 0 aliphatic carbocycles. The van der Waals surface area contributed by atoms with Gasteiger partial charge in [0.25, 0.3) is 0 Å². The summed E-state index contributed by atoms with van der Waals surface area (Å²) in [5.41, 5.74) is 2.18. The molecule has 132 valence electrons. The van der Waals surface area contributed by atoms with E-state index in [0.717, 1.165) is 28.1 Å². The molecule has 1 aliphatic rings. The topological polar surface area (TPSA) is 23.6 Å².